The second-order valence-electron chi connectivity index (χ2n) is 4.52. The molecule has 11 heteroatoms. The number of nitrogens with zero attached hydrogens (tertiary/aromatic N) is 2. The normalized spacial score (nSPS) is 19.5. The number of imidazole rings is 1. The predicted octanol–water partition coefficient (Wildman–Crippen LogP) is 3.55. The molecule has 0 atom stereocenters. The molecule has 1 aliphatic heterocycles. The Bertz CT molecular complexity index is 766. The molecule has 0 saturated heterocycles. The molecular weight excluding hydrogens is 325 g/mol. The first-order chi connectivity index (χ1) is 9.92. The third kappa shape index (κ3) is 1.95. The smallest absolute Gasteiger partial charge is 0.421 e. The van der Waals surface area contributed by atoms with Crippen molar-refractivity contribution in [3.63, 3.8) is 0 Å². The highest BCUT2D eigenvalue weighted by Crippen LogP contribution is 2.48. The first kappa shape index (κ1) is 14.7. The average Bonchev–Trinajstić information content (AvgIpc) is 2.64. The number of fused-ring (bicyclic) bond motifs is 2. The number of alkyl halides is 7. The van der Waals surface area contributed by atoms with Crippen molar-refractivity contribution in [3.8, 4) is 11.5 Å². The fourth-order valence-corrected chi connectivity index (χ4v) is 2.01. The van der Waals surface area contributed by atoms with Gasteiger partial charge in [0.25, 0.3) is 0 Å². The van der Waals surface area contributed by atoms with Gasteiger partial charge in [-0.2, -0.15) is 30.7 Å². The molecule has 1 aromatic heterocycles. The van der Waals surface area contributed by atoms with Crippen molar-refractivity contribution in [2.24, 2.45) is 7.05 Å². The van der Waals surface area contributed by atoms with Crippen LogP contribution >= 0.6 is 0 Å². The summed E-state index contributed by atoms with van der Waals surface area (Å²) in [6.07, 6.45) is -14.7. The van der Waals surface area contributed by atoms with Crippen LogP contribution in [0.2, 0.25) is 0 Å². The van der Waals surface area contributed by atoms with Crippen LogP contribution in [-0.2, 0) is 13.2 Å². The highest BCUT2D eigenvalue weighted by atomic mass is 19.4. The minimum atomic E-state index is -4.95. The Kier molecular flexibility index (Phi) is 2.65. The number of hydrogen-bond acceptors (Lipinski definition) is 3. The van der Waals surface area contributed by atoms with Gasteiger partial charge in [-0.1, -0.05) is 0 Å². The van der Waals surface area contributed by atoms with E-state index in [4.69, 9.17) is 0 Å². The van der Waals surface area contributed by atoms with Crippen molar-refractivity contribution in [1.82, 2.24) is 9.55 Å². The fraction of sp³-hybridized carbons (Fsp3) is 0.364. The zero-order valence-corrected chi connectivity index (χ0v) is 10.5. The lowest BCUT2D eigenvalue weighted by molar-refractivity contribution is -0.391. The number of rotatable bonds is 0. The van der Waals surface area contributed by atoms with Crippen LogP contribution in [0.5, 0.6) is 11.5 Å². The molecule has 0 unspecified atom stereocenters. The maximum atomic E-state index is 13.1. The first-order valence-electron chi connectivity index (χ1n) is 5.64. The van der Waals surface area contributed by atoms with Crippen molar-refractivity contribution in [2.75, 3.05) is 0 Å². The van der Waals surface area contributed by atoms with E-state index in [1.807, 2.05) is 0 Å². The van der Waals surface area contributed by atoms with Crippen LogP contribution in [0.3, 0.4) is 0 Å². The number of aromatic nitrogens is 2. The van der Waals surface area contributed by atoms with Gasteiger partial charge in [-0.15, -0.1) is 0 Å². The van der Waals surface area contributed by atoms with E-state index in [0.717, 1.165) is 13.1 Å². The number of hydrogen-bond donors (Lipinski definition) is 0. The van der Waals surface area contributed by atoms with Crippen molar-refractivity contribution in [2.45, 2.75) is 18.4 Å². The fourth-order valence-electron chi connectivity index (χ4n) is 2.01. The molecule has 1 aliphatic rings. The van der Waals surface area contributed by atoms with Gasteiger partial charge in [-0.3, -0.25) is 0 Å². The van der Waals surface area contributed by atoms with Gasteiger partial charge in [0.2, 0.25) is 5.82 Å². The summed E-state index contributed by atoms with van der Waals surface area (Å²) in [5.41, 5.74) is -0.575. The number of halogens is 7. The second kappa shape index (κ2) is 3.96. The lowest BCUT2D eigenvalue weighted by Crippen LogP contribution is -2.52. The third-order valence-corrected chi connectivity index (χ3v) is 3.01. The molecule has 2 heterocycles. The van der Waals surface area contributed by atoms with E-state index in [1.165, 1.54) is 0 Å². The molecule has 0 aliphatic carbocycles. The molecule has 0 amide bonds. The van der Waals surface area contributed by atoms with Crippen molar-refractivity contribution in [3.05, 3.63) is 18.0 Å². The summed E-state index contributed by atoms with van der Waals surface area (Å²) >= 11 is 0. The van der Waals surface area contributed by atoms with Crippen molar-refractivity contribution < 1.29 is 40.2 Å². The Morgan fingerprint density at radius 2 is 1.50 bits per heavy atom. The van der Waals surface area contributed by atoms with Gasteiger partial charge in [0.05, 0.1) is 11.0 Å². The van der Waals surface area contributed by atoms with Gasteiger partial charge in [0, 0.05) is 19.2 Å². The van der Waals surface area contributed by atoms with Crippen molar-refractivity contribution >= 4 is 11.0 Å². The van der Waals surface area contributed by atoms with Crippen LogP contribution in [-0.4, -0.2) is 21.8 Å². The van der Waals surface area contributed by atoms with E-state index in [9.17, 15) is 30.7 Å². The van der Waals surface area contributed by atoms with Crippen LogP contribution in [0.25, 0.3) is 11.0 Å². The second-order valence-corrected chi connectivity index (χ2v) is 4.52. The SMILES string of the molecule is Cn1c(C(F)(F)F)nc2cc3c(cc21)OC(F)(F)C(F)(F)O3. The van der Waals surface area contributed by atoms with E-state index in [0.29, 0.717) is 10.6 Å². The molecule has 0 bridgehead atoms. The van der Waals surface area contributed by atoms with Gasteiger partial charge in [-0.25, -0.2) is 4.98 Å². The summed E-state index contributed by atoms with van der Waals surface area (Å²) < 4.78 is 98.6. The highest BCUT2D eigenvalue weighted by Gasteiger charge is 2.66. The minimum absolute atomic E-state index is 0.226. The van der Waals surface area contributed by atoms with E-state index in [1.54, 1.807) is 0 Å². The van der Waals surface area contributed by atoms with E-state index in [2.05, 4.69) is 14.5 Å². The maximum absolute atomic E-state index is 13.1. The molecular formula is C11H5F7N2O2. The lowest BCUT2D eigenvalue weighted by Gasteiger charge is -2.31. The zero-order valence-electron chi connectivity index (χ0n) is 10.5. The Morgan fingerprint density at radius 1 is 1.00 bits per heavy atom. The van der Waals surface area contributed by atoms with Gasteiger partial charge in [0.15, 0.2) is 11.5 Å². The highest BCUT2D eigenvalue weighted by molar-refractivity contribution is 5.81. The molecule has 0 fully saturated rings. The summed E-state index contributed by atoms with van der Waals surface area (Å²) in [6.45, 7) is 0. The van der Waals surface area contributed by atoms with Crippen LogP contribution < -0.4 is 9.47 Å². The summed E-state index contributed by atoms with van der Waals surface area (Å²) in [5, 5.41) is 0. The third-order valence-electron chi connectivity index (χ3n) is 3.01. The van der Waals surface area contributed by atoms with Crippen molar-refractivity contribution in [1.29, 1.82) is 0 Å². The zero-order chi connectivity index (χ0) is 16.5. The number of ether oxygens (including phenoxy) is 2. The van der Waals surface area contributed by atoms with Gasteiger partial charge in [0.1, 0.15) is 0 Å². The Morgan fingerprint density at radius 3 is 2.00 bits per heavy atom. The van der Waals surface area contributed by atoms with E-state index in [-0.39, 0.29) is 11.0 Å². The van der Waals surface area contributed by atoms with Crippen LogP contribution in [0.15, 0.2) is 12.1 Å². The van der Waals surface area contributed by atoms with E-state index >= 15 is 0 Å². The summed E-state index contributed by atoms with van der Waals surface area (Å²) in [6, 6.07) is 1.42. The minimum Gasteiger partial charge on any atom is -0.421 e. The average molecular weight is 330 g/mol. The van der Waals surface area contributed by atoms with Crippen LogP contribution in [0, 0.1) is 0 Å². The first-order valence-corrected chi connectivity index (χ1v) is 5.64. The predicted molar refractivity (Wildman–Crippen MR) is 56.9 cm³/mol. The van der Waals surface area contributed by atoms with E-state index < -0.39 is 35.7 Å². The molecule has 2 aromatic rings. The largest absolute Gasteiger partial charge is 0.507 e. The molecule has 0 spiro atoms. The van der Waals surface area contributed by atoms with Crippen LogP contribution in [0.1, 0.15) is 5.82 Å². The molecule has 120 valence electrons. The molecule has 4 nitrogen and oxygen atoms in total. The monoisotopic (exact) mass is 330 g/mol. The van der Waals surface area contributed by atoms with Gasteiger partial charge in [-0.05, 0) is 0 Å². The summed E-state index contributed by atoms with van der Waals surface area (Å²) in [5.74, 6) is -2.95. The van der Waals surface area contributed by atoms with Gasteiger partial charge < -0.3 is 14.0 Å². The number of aryl methyl sites for hydroxylation is 1. The Hall–Kier alpha value is -2.20. The van der Waals surface area contributed by atoms with Crippen LogP contribution in [0.4, 0.5) is 30.7 Å². The molecule has 3 rings (SSSR count). The molecule has 22 heavy (non-hydrogen) atoms. The standard InChI is InChI=1S/C11H5F7N2O2/c1-20-5-3-7-6(21-10(15,16)11(17,18)22-7)2-4(5)19-8(20)9(12,13)14/h2-3H,1H3. The summed E-state index contributed by atoms with van der Waals surface area (Å²) in [7, 11) is 1.00. The molecule has 0 N–H and O–H groups in total. The quantitative estimate of drug-likeness (QED) is 0.693. The summed E-state index contributed by atoms with van der Waals surface area (Å²) in [4.78, 5) is 3.25. The Balaban J connectivity index is 2.20. The maximum Gasteiger partial charge on any atom is 0.507 e. The Labute approximate surface area is 117 Å². The molecule has 0 saturated carbocycles. The molecule has 0 radical (unpaired) electrons. The number of benzene rings is 1. The molecule has 1 aromatic carbocycles. The topological polar surface area (TPSA) is 36.3 Å². The van der Waals surface area contributed by atoms with Gasteiger partial charge >= 0.3 is 18.4 Å². The lowest BCUT2D eigenvalue weighted by atomic mass is 10.2.